The summed E-state index contributed by atoms with van der Waals surface area (Å²) in [5.74, 6) is 1.18. The SMILES string of the molecule is Cc1nc([C@H]2CCCN2C(=O)[C@@H]2Cc3cc(F)ccc3O2)no1. The topological polar surface area (TPSA) is 68.5 Å². The van der Waals surface area contributed by atoms with Crippen LogP contribution in [0.3, 0.4) is 0 Å². The maximum Gasteiger partial charge on any atom is 0.264 e. The summed E-state index contributed by atoms with van der Waals surface area (Å²) in [6, 6.07) is 4.16. The number of benzene rings is 1. The molecule has 2 aromatic rings. The van der Waals surface area contributed by atoms with Gasteiger partial charge in [0.25, 0.3) is 5.91 Å². The van der Waals surface area contributed by atoms with Crippen LogP contribution in [0.25, 0.3) is 0 Å². The van der Waals surface area contributed by atoms with Crippen molar-refractivity contribution in [2.75, 3.05) is 6.54 Å². The zero-order valence-electron chi connectivity index (χ0n) is 12.7. The van der Waals surface area contributed by atoms with Crippen molar-refractivity contribution in [1.29, 1.82) is 0 Å². The van der Waals surface area contributed by atoms with Gasteiger partial charge in [-0.15, -0.1) is 0 Å². The van der Waals surface area contributed by atoms with Crippen LogP contribution in [0.15, 0.2) is 22.7 Å². The first-order valence-electron chi connectivity index (χ1n) is 7.67. The van der Waals surface area contributed by atoms with Crippen LogP contribution >= 0.6 is 0 Å². The molecule has 23 heavy (non-hydrogen) atoms. The van der Waals surface area contributed by atoms with Crippen LogP contribution in [0.4, 0.5) is 4.39 Å². The Morgan fingerprint density at radius 1 is 1.43 bits per heavy atom. The van der Waals surface area contributed by atoms with Crippen molar-refractivity contribution in [1.82, 2.24) is 15.0 Å². The van der Waals surface area contributed by atoms with Gasteiger partial charge in [-0.05, 0) is 31.0 Å². The summed E-state index contributed by atoms with van der Waals surface area (Å²) < 4.78 is 24.0. The Labute approximate surface area is 132 Å². The predicted molar refractivity (Wildman–Crippen MR) is 77.2 cm³/mol. The highest BCUT2D eigenvalue weighted by Crippen LogP contribution is 2.34. The minimum absolute atomic E-state index is 0.105. The molecule has 2 atom stereocenters. The van der Waals surface area contributed by atoms with Gasteiger partial charge in [-0.3, -0.25) is 4.79 Å². The summed E-state index contributed by atoms with van der Waals surface area (Å²) in [5.41, 5.74) is 0.731. The number of amides is 1. The van der Waals surface area contributed by atoms with Crippen LogP contribution in [-0.2, 0) is 11.2 Å². The molecule has 1 aromatic carbocycles. The molecule has 120 valence electrons. The highest BCUT2D eigenvalue weighted by molar-refractivity contribution is 5.83. The Morgan fingerprint density at radius 3 is 3.09 bits per heavy atom. The van der Waals surface area contributed by atoms with E-state index < -0.39 is 6.10 Å². The highest BCUT2D eigenvalue weighted by Gasteiger charge is 2.39. The maximum atomic E-state index is 13.3. The van der Waals surface area contributed by atoms with Crippen LogP contribution in [0, 0.1) is 12.7 Å². The first kappa shape index (κ1) is 14.2. The van der Waals surface area contributed by atoms with Crippen LogP contribution in [0.1, 0.15) is 36.2 Å². The fourth-order valence-electron chi connectivity index (χ4n) is 3.29. The molecular weight excluding hydrogens is 301 g/mol. The number of ether oxygens (including phenoxy) is 1. The average Bonchev–Trinajstić information content (AvgIpc) is 3.23. The molecule has 0 saturated carbocycles. The maximum absolute atomic E-state index is 13.3. The molecule has 2 aliphatic heterocycles. The molecule has 4 rings (SSSR count). The third-order valence-electron chi connectivity index (χ3n) is 4.35. The van der Waals surface area contributed by atoms with Crippen LogP contribution < -0.4 is 4.74 Å². The molecule has 0 bridgehead atoms. The fraction of sp³-hybridized carbons (Fsp3) is 0.438. The normalized spacial score (nSPS) is 23.0. The van der Waals surface area contributed by atoms with Crippen LogP contribution in [0.5, 0.6) is 5.75 Å². The van der Waals surface area contributed by atoms with Gasteiger partial charge in [0.1, 0.15) is 11.6 Å². The lowest BCUT2D eigenvalue weighted by Gasteiger charge is -2.25. The molecule has 1 amide bonds. The molecule has 1 fully saturated rings. The van der Waals surface area contributed by atoms with E-state index in [1.807, 2.05) is 0 Å². The minimum atomic E-state index is -0.611. The molecule has 6 nitrogen and oxygen atoms in total. The number of hydrogen-bond acceptors (Lipinski definition) is 5. The van der Waals surface area contributed by atoms with Gasteiger partial charge in [0.05, 0.1) is 6.04 Å². The molecule has 0 radical (unpaired) electrons. The Kier molecular flexibility index (Phi) is 3.28. The number of carbonyl (C=O) groups is 1. The van der Waals surface area contributed by atoms with Gasteiger partial charge >= 0.3 is 0 Å². The number of nitrogens with zero attached hydrogens (tertiary/aromatic N) is 3. The van der Waals surface area contributed by atoms with E-state index in [4.69, 9.17) is 9.26 Å². The Balaban J connectivity index is 1.53. The standard InChI is InChI=1S/C16H16FN3O3/c1-9-18-15(19-23-9)12-3-2-6-20(12)16(21)14-8-10-7-11(17)4-5-13(10)22-14/h4-5,7,12,14H,2-3,6,8H2,1H3/t12-,14+/m1/s1. The Hall–Kier alpha value is -2.44. The number of halogens is 1. The third-order valence-corrected chi connectivity index (χ3v) is 4.35. The van der Waals surface area contributed by atoms with Crippen molar-refractivity contribution in [3.05, 3.63) is 41.3 Å². The predicted octanol–water partition coefficient (Wildman–Crippen LogP) is 2.18. The van der Waals surface area contributed by atoms with E-state index in [0.717, 1.165) is 18.4 Å². The zero-order chi connectivity index (χ0) is 16.0. The molecule has 0 N–H and O–H groups in total. The summed E-state index contributed by atoms with van der Waals surface area (Å²) in [4.78, 5) is 18.8. The first-order chi connectivity index (χ1) is 11.1. The second-order valence-electron chi connectivity index (χ2n) is 5.92. The van der Waals surface area contributed by atoms with Crippen molar-refractivity contribution in [2.45, 2.75) is 38.3 Å². The molecule has 0 spiro atoms. The van der Waals surface area contributed by atoms with E-state index in [-0.39, 0.29) is 17.8 Å². The number of likely N-dealkylation sites (tertiary alicyclic amines) is 1. The average molecular weight is 317 g/mol. The summed E-state index contributed by atoms with van der Waals surface area (Å²) in [6.07, 6.45) is 1.47. The van der Waals surface area contributed by atoms with Crippen molar-refractivity contribution >= 4 is 5.91 Å². The number of carbonyl (C=O) groups excluding carboxylic acids is 1. The zero-order valence-corrected chi connectivity index (χ0v) is 12.7. The molecule has 0 aliphatic carbocycles. The number of aryl methyl sites for hydroxylation is 1. The largest absolute Gasteiger partial charge is 0.480 e. The van der Waals surface area contributed by atoms with E-state index in [1.165, 1.54) is 12.1 Å². The second kappa shape index (κ2) is 5.33. The molecular formula is C16H16FN3O3. The van der Waals surface area contributed by atoms with Gasteiger partial charge < -0.3 is 14.2 Å². The van der Waals surface area contributed by atoms with E-state index >= 15 is 0 Å². The third kappa shape index (κ3) is 2.46. The quantitative estimate of drug-likeness (QED) is 0.849. The summed E-state index contributed by atoms with van der Waals surface area (Å²) >= 11 is 0. The molecule has 1 aromatic heterocycles. The van der Waals surface area contributed by atoms with Crippen molar-refractivity contribution in [2.24, 2.45) is 0 Å². The Bertz CT molecular complexity index is 761. The smallest absolute Gasteiger partial charge is 0.264 e. The van der Waals surface area contributed by atoms with E-state index in [0.29, 0.717) is 30.4 Å². The van der Waals surface area contributed by atoms with Crippen LogP contribution in [-0.4, -0.2) is 33.6 Å². The summed E-state index contributed by atoms with van der Waals surface area (Å²) in [5, 5.41) is 3.94. The number of hydrogen-bond donors (Lipinski definition) is 0. The first-order valence-corrected chi connectivity index (χ1v) is 7.67. The molecule has 3 heterocycles. The minimum Gasteiger partial charge on any atom is -0.480 e. The molecule has 7 heteroatoms. The van der Waals surface area contributed by atoms with Gasteiger partial charge in [0, 0.05) is 25.5 Å². The Morgan fingerprint density at radius 2 is 2.30 bits per heavy atom. The van der Waals surface area contributed by atoms with Crippen LogP contribution in [0.2, 0.25) is 0 Å². The van der Waals surface area contributed by atoms with Crippen molar-refractivity contribution < 1.29 is 18.4 Å². The van der Waals surface area contributed by atoms with Gasteiger partial charge in [0.15, 0.2) is 11.9 Å². The lowest BCUT2D eigenvalue weighted by molar-refractivity contribution is -0.139. The van der Waals surface area contributed by atoms with E-state index in [1.54, 1.807) is 17.9 Å². The lowest BCUT2D eigenvalue weighted by Crippen LogP contribution is -2.41. The second-order valence-corrected chi connectivity index (χ2v) is 5.92. The summed E-state index contributed by atoms with van der Waals surface area (Å²) in [7, 11) is 0. The number of aromatic nitrogens is 2. The summed E-state index contributed by atoms with van der Waals surface area (Å²) in [6.45, 7) is 2.37. The number of rotatable bonds is 2. The van der Waals surface area contributed by atoms with Crippen molar-refractivity contribution in [3.8, 4) is 5.75 Å². The van der Waals surface area contributed by atoms with Gasteiger partial charge in [-0.25, -0.2) is 4.39 Å². The monoisotopic (exact) mass is 317 g/mol. The van der Waals surface area contributed by atoms with Gasteiger partial charge in [-0.1, -0.05) is 5.16 Å². The van der Waals surface area contributed by atoms with Gasteiger partial charge in [-0.2, -0.15) is 4.98 Å². The van der Waals surface area contributed by atoms with E-state index in [9.17, 15) is 9.18 Å². The fourth-order valence-corrected chi connectivity index (χ4v) is 3.29. The number of fused-ring (bicyclic) bond motifs is 1. The highest BCUT2D eigenvalue weighted by atomic mass is 19.1. The lowest BCUT2D eigenvalue weighted by atomic mass is 10.1. The van der Waals surface area contributed by atoms with Gasteiger partial charge in [0.2, 0.25) is 5.89 Å². The van der Waals surface area contributed by atoms with E-state index in [2.05, 4.69) is 10.1 Å². The van der Waals surface area contributed by atoms with Crippen molar-refractivity contribution in [3.63, 3.8) is 0 Å². The molecule has 2 aliphatic rings. The molecule has 0 unspecified atom stereocenters. The molecule has 1 saturated heterocycles.